The molecule has 1 fully saturated rings. The summed E-state index contributed by atoms with van der Waals surface area (Å²) in [5, 5.41) is 0.162. The van der Waals surface area contributed by atoms with E-state index in [4.69, 9.17) is 11.6 Å². The van der Waals surface area contributed by atoms with Gasteiger partial charge in [-0.05, 0) is 24.6 Å². The maximum Gasteiger partial charge on any atom is 0.325 e. The van der Waals surface area contributed by atoms with E-state index in [2.05, 4.69) is 9.97 Å². The van der Waals surface area contributed by atoms with E-state index in [0.717, 1.165) is 6.54 Å². The molecular formula is C9H11ClN4O. The molecule has 1 saturated heterocycles. The smallest absolute Gasteiger partial charge is 0.323 e. The fraction of sp³-hybridized carbons (Fsp3) is 0.444. The quantitative estimate of drug-likeness (QED) is 0.716. The van der Waals surface area contributed by atoms with Crippen LogP contribution in [0.25, 0.3) is 0 Å². The van der Waals surface area contributed by atoms with E-state index in [0.29, 0.717) is 18.9 Å². The van der Waals surface area contributed by atoms with Crippen molar-refractivity contribution in [2.24, 2.45) is 0 Å². The predicted molar refractivity (Wildman–Crippen MR) is 57.0 cm³/mol. The van der Waals surface area contributed by atoms with E-state index >= 15 is 0 Å². The van der Waals surface area contributed by atoms with E-state index in [1.54, 1.807) is 22.1 Å². The summed E-state index contributed by atoms with van der Waals surface area (Å²) in [5.74, 6) is 0.566. The minimum absolute atomic E-state index is 0.0210. The molecule has 0 aliphatic carbocycles. The lowest BCUT2D eigenvalue weighted by Gasteiger charge is -2.16. The van der Waals surface area contributed by atoms with Gasteiger partial charge in [-0.1, -0.05) is 0 Å². The molecule has 6 heteroatoms. The monoisotopic (exact) mass is 226 g/mol. The number of urea groups is 1. The fourth-order valence-electron chi connectivity index (χ4n) is 1.57. The molecule has 2 rings (SSSR count). The van der Waals surface area contributed by atoms with E-state index < -0.39 is 0 Å². The van der Waals surface area contributed by atoms with Crippen molar-refractivity contribution in [3.05, 3.63) is 17.5 Å². The average Bonchev–Trinajstić information content (AvgIpc) is 2.59. The highest BCUT2D eigenvalue weighted by molar-refractivity contribution is 6.28. The van der Waals surface area contributed by atoms with Gasteiger partial charge in [0.1, 0.15) is 5.82 Å². The Morgan fingerprint density at radius 2 is 2.33 bits per heavy atom. The fourth-order valence-corrected chi connectivity index (χ4v) is 1.71. The van der Waals surface area contributed by atoms with Crippen LogP contribution in [0.5, 0.6) is 0 Å². The maximum absolute atomic E-state index is 11.8. The second-order valence-corrected chi connectivity index (χ2v) is 3.54. The van der Waals surface area contributed by atoms with Crippen LogP contribution >= 0.6 is 11.6 Å². The number of carbonyl (C=O) groups excluding carboxylic acids is 1. The Morgan fingerprint density at radius 3 is 2.93 bits per heavy atom. The highest BCUT2D eigenvalue weighted by Gasteiger charge is 2.29. The minimum atomic E-state index is -0.0210. The van der Waals surface area contributed by atoms with Crippen LogP contribution in [0.2, 0.25) is 5.28 Å². The number of nitrogens with zero attached hydrogens (tertiary/aromatic N) is 4. The van der Waals surface area contributed by atoms with Gasteiger partial charge in [-0.3, -0.25) is 4.90 Å². The molecule has 1 aromatic heterocycles. The van der Waals surface area contributed by atoms with Crippen molar-refractivity contribution in [2.75, 3.05) is 24.5 Å². The third-order valence-electron chi connectivity index (χ3n) is 2.36. The molecule has 0 atom stereocenters. The lowest BCUT2D eigenvalue weighted by Crippen LogP contribution is -2.32. The molecule has 1 aromatic rings. The number of likely N-dealkylation sites (N-methyl/N-ethyl adjacent to an activating group) is 1. The van der Waals surface area contributed by atoms with Gasteiger partial charge >= 0.3 is 6.03 Å². The summed E-state index contributed by atoms with van der Waals surface area (Å²) >= 11 is 5.67. The summed E-state index contributed by atoms with van der Waals surface area (Å²) in [6.07, 6.45) is 1.55. The number of halogens is 1. The Morgan fingerprint density at radius 1 is 1.53 bits per heavy atom. The molecule has 80 valence electrons. The number of amides is 2. The molecule has 1 aliphatic heterocycles. The zero-order chi connectivity index (χ0) is 10.8. The average molecular weight is 227 g/mol. The Kier molecular flexibility index (Phi) is 2.73. The molecular weight excluding hydrogens is 216 g/mol. The highest BCUT2D eigenvalue weighted by Crippen LogP contribution is 2.18. The molecule has 0 N–H and O–H groups in total. The second-order valence-electron chi connectivity index (χ2n) is 3.20. The Balaban J connectivity index is 2.22. The van der Waals surface area contributed by atoms with Crippen molar-refractivity contribution in [2.45, 2.75) is 6.92 Å². The highest BCUT2D eigenvalue weighted by atomic mass is 35.5. The van der Waals surface area contributed by atoms with Crippen molar-refractivity contribution in [3.8, 4) is 0 Å². The van der Waals surface area contributed by atoms with Crippen LogP contribution in [-0.2, 0) is 0 Å². The van der Waals surface area contributed by atoms with Gasteiger partial charge in [0.15, 0.2) is 0 Å². The molecule has 2 heterocycles. The Labute approximate surface area is 92.7 Å². The van der Waals surface area contributed by atoms with Gasteiger partial charge in [0, 0.05) is 25.8 Å². The van der Waals surface area contributed by atoms with E-state index in [9.17, 15) is 4.79 Å². The first-order chi connectivity index (χ1) is 7.22. The van der Waals surface area contributed by atoms with Gasteiger partial charge < -0.3 is 4.90 Å². The van der Waals surface area contributed by atoms with Crippen molar-refractivity contribution in [1.29, 1.82) is 0 Å². The standard InChI is InChI=1S/C9H11ClN4O/c1-2-13-5-6-14(9(13)15)7-3-4-11-8(10)12-7/h3-4H,2,5-6H2,1H3. The van der Waals surface area contributed by atoms with Gasteiger partial charge in [0.25, 0.3) is 0 Å². The van der Waals surface area contributed by atoms with Crippen LogP contribution in [0.3, 0.4) is 0 Å². The molecule has 15 heavy (non-hydrogen) atoms. The third kappa shape index (κ3) is 1.87. The zero-order valence-electron chi connectivity index (χ0n) is 8.35. The summed E-state index contributed by atoms with van der Waals surface area (Å²) in [6, 6.07) is 1.66. The second kappa shape index (κ2) is 4.02. The zero-order valence-corrected chi connectivity index (χ0v) is 9.11. The summed E-state index contributed by atoms with van der Waals surface area (Å²) in [7, 11) is 0. The van der Waals surface area contributed by atoms with Gasteiger partial charge in [-0.15, -0.1) is 0 Å². The van der Waals surface area contributed by atoms with Crippen molar-refractivity contribution in [1.82, 2.24) is 14.9 Å². The van der Waals surface area contributed by atoms with Gasteiger partial charge in [0.05, 0.1) is 0 Å². The molecule has 0 saturated carbocycles. The first-order valence-electron chi connectivity index (χ1n) is 4.77. The molecule has 0 bridgehead atoms. The normalized spacial score (nSPS) is 16.3. The van der Waals surface area contributed by atoms with Crippen LogP contribution in [0.15, 0.2) is 12.3 Å². The Bertz CT molecular complexity index is 384. The van der Waals surface area contributed by atoms with Crippen LogP contribution < -0.4 is 4.90 Å². The number of anilines is 1. The molecule has 0 aromatic carbocycles. The first-order valence-corrected chi connectivity index (χ1v) is 5.15. The van der Waals surface area contributed by atoms with Gasteiger partial charge in [-0.25, -0.2) is 14.8 Å². The minimum Gasteiger partial charge on any atom is -0.323 e. The van der Waals surface area contributed by atoms with E-state index in [1.165, 1.54) is 0 Å². The van der Waals surface area contributed by atoms with Crippen LogP contribution in [0, 0.1) is 0 Å². The number of hydrogen-bond donors (Lipinski definition) is 0. The van der Waals surface area contributed by atoms with Gasteiger partial charge in [0.2, 0.25) is 5.28 Å². The molecule has 1 aliphatic rings. The molecule has 0 unspecified atom stereocenters. The van der Waals surface area contributed by atoms with Crippen molar-refractivity contribution >= 4 is 23.4 Å². The summed E-state index contributed by atoms with van der Waals surface area (Å²) < 4.78 is 0. The predicted octanol–water partition coefficient (Wildman–Crippen LogP) is 1.39. The lowest BCUT2D eigenvalue weighted by atomic mass is 10.5. The topological polar surface area (TPSA) is 49.3 Å². The largest absolute Gasteiger partial charge is 0.325 e. The summed E-state index contributed by atoms with van der Waals surface area (Å²) in [4.78, 5) is 23.0. The molecule has 5 nitrogen and oxygen atoms in total. The Hall–Kier alpha value is -1.36. The molecule has 0 radical (unpaired) electrons. The first kappa shape index (κ1) is 10.2. The maximum atomic E-state index is 11.8. The summed E-state index contributed by atoms with van der Waals surface area (Å²) in [6.45, 7) is 4.06. The SMILES string of the molecule is CCN1CCN(c2ccnc(Cl)n2)C1=O. The number of aromatic nitrogens is 2. The summed E-state index contributed by atoms with van der Waals surface area (Å²) in [5.41, 5.74) is 0. The van der Waals surface area contributed by atoms with E-state index in [-0.39, 0.29) is 11.3 Å². The van der Waals surface area contributed by atoms with Crippen molar-refractivity contribution < 1.29 is 4.79 Å². The van der Waals surface area contributed by atoms with Crippen molar-refractivity contribution in [3.63, 3.8) is 0 Å². The number of rotatable bonds is 2. The molecule has 0 spiro atoms. The van der Waals surface area contributed by atoms with E-state index in [1.807, 2.05) is 6.92 Å². The molecule has 2 amide bonds. The van der Waals surface area contributed by atoms with Crippen LogP contribution in [-0.4, -0.2) is 40.5 Å². The number of carbonyl (C=O) groups is 1. The van der Waals surface area contributed by atoms with Crippen LogP contribution in [0.1, 0.15) is 6.92 Å². The van der Waals surface area contributed by atoms with Gasteiger partial charge in [-0.2, -0.15) is 0 Å². The van der Waals surface area contributed by atoms with Crippen LogP contribution in [0.4, 0.5) is 10.6 Å². The lowest BCUT2D eigenvalue weighted by molar-refractivity contribution is 0.223. The number of hydrogen-bond acceptors (Lipinski definition) is 3. The third-order valence-corrected chi connectivity index (χ3v) is 2.55.